The predicted octanol–water partition coefficient (Wildman–Crippen LogP) is 3.61. The van der Waals surface area contributed by atoms with Crippen molar-refractivity contribution in [3.63, 3.8) is 0 Å². The van der Waals surface area contributed by atoms with E-state index in [0.29, 0.717) is 29.8 Å². The van der Waals surface area contributed by atoms with Crippen LogP contribution in [-0.2, 0) is 11.2 Å². The largest absolute Gasteiger partial charge is 0.486 e. The molecule has 0 saturated carbocycles. The van der Waals surface area contributed by atoms with Crippen molar-refractivity contribution in [3.05, 3.63) is 53.6 Å². The summed E-state index contributed by atoms with van der Waals surface area (Å²) in [6.45, 7) is 3.80. The van der Waals surface area contributed by atoms with Gasteiger partial charge < -0.3 is 29.5 Å². The number of piperidine rings is 1. The second kappa shape index (κ2) is 10.4. The molecule has 1 aromatic heterocycles. The molecular weight excluding hydrogens is 462 g/mol. The number of rotatable bonds is 7. The molecule has 2 aliphatic heterocycles. The lowest BCUT2D eigenvalue weighted by Gasteiger charge is -2.31. The van der Waals surface area contributed by atoms with E-state index in [1.54, 1.807) is 18.2 Å². The Balaban J connectivity index is 1.18. The van der Waals surface area contributed by atoms with Gasteiger partial charge in [0.15, 0.2) is 11.5 Å². The highest BCUT2D eigenvalue weighted by Gasteiger charge is 2.26. The molecule has 0 bridgehead atoms. The molecule has 2 aliphatic rings. The molecular formula is C27H29N3O6. The minimum Gasteiger partial charge on any atom is -0.486 e. The first-order valence-corrected chi connectivity index (χ1v) is 12.1. The highest BCUT2D eigenvalue weighted by Crippen LogP contribution is 2.31. The molecule has 0 aliphatic carbocycles. The maximum Gasteiger partial charge on any atom is 0.341 e. The van der Waals surface area contributed by atoms with E-state index in [9.17, 15) is 14.7 Å². The lowest BCUT2D eigenvalue weighted by Crippen LogP contribution is -2.39. The molecule has 9 heteroatoms. The van der Waals surface area contributed by atoms with Crippen molar-refractivity contribution in [2.24, 2.45) is 5.92 Å². The van der Waals surface area contributed by atoms with E-state index in [0.717, 1.165) is 50.4 Å². The second-order valence-electron chi connectivity index (χ2n) is 9.06. The Morgan fingerprint density at radius 3 is 2.64 bits per heavy atom. The number of carboxylic acid groups (broad SMARTS) is 1. The van der Waals surface area contributed by atoms with Crippen LogP contribution in [-0.4, -0.2) is 66.8 Å². The van der Waals surface area contributed by atoms with Gasteiger partial charge in [0.05, 0.1) is 18.3 Å². The van der Waals surface area contributed by atoms with Gasteiger partial charge in [0.1, 0.15) is 18.8 Å². The maximum absolute atomic E-state index is 13.1. The molecule has 2 aromatic carbocycles. The number of para-hydroxylation sites is 1. The third-order valence-electron chi connectivity index (χ3n) is 6.77. The number of aromatic nitrogens is 1. The average molecular weight is 492 g/mol. The van der Waals surface area contributed by atoms with Crippen molar-refractivity contribution in [1.82, 2.24) is 9.88 Å². The summed E-state index contributed by atoms with van der Waals surface area (Å²) >= 11 is 0. The van der Waals surface area contributed by atoms with Crippen molar-refractivity contribution < 1.29 is 28.9 Å². The van der Waals surface area contributed by atoms with Crippen LogP contribution in [0, 0.1) is 5.92 Å². The van der Waals surface area contributed by atoms with Gasteiger partial charge in [0.2, 0.25) is 11.8 Å². The molecule has 0 spiro atoms. The van der Waals surface area contributed by atoms with Crippen LogP contribution in [0.2, 0.25) is 0 Å². The number of carboxylic acids is 1. The van der Waals surface area contributed by atoms with E-state index in [-0.39, 0.29) is 23.3 Å². The van der Waals surface area contributed by atoms with Crippen molar-refractivity contribution >= 4 is 28.5 Å². The van der Waals surface area contributed by atoms with Crippen LogP contribution in [0.15, 0.2) is 42.5 Å². The van der Waals surface area contributed by atoms with Gasteiger partial charge in [-0.15, -0.1) is 0 Å². The van der Waals surface area contributed by atoms with Gasteiger partial charge in [0.25, 0.3) is 0 Å². The third kappa shape index (κ3) is 5.06. The molecule has 0 radical (unpaired) electrons. The number of pyridine rings is 1. The third-order valence-corrected chi connectivity index (χ3v) is 6.77. The molecule has 3 aromatic rings. The number of benzene rings is 2. The van der Waals surface area contributed by atoms with Crippen LogP contribution < -0.4 is 19.5 Å². The van der Waals surface area contributed by atoms with Crippen LogP contribution in [0.1, 0.15) is 28.8 Å². The molecule has 5 rings (SSSR count). The van der Waals surface area contributed by atoms with Gasteiger partial charge in [-0.05, 0) is 62.2 Å². The molecule has 2 N–H and O–H groups in total. The normalized spacial score (nSPS) is 16.0. The number of carbonyl (C=O) groups excluding carboxylic acids is 1. The number of methoxy groups -OCH3 is 1. The van der Waals surface area contributed by atoms with Gasteiger partial charge in [-0.2, -0.15) is 0 Å². The predicted molar refractivity (Wildman–Crippen MR) is 134 cm³/mol. The smallest absolute Gasteiger partial charge is 0.341 e. The summed E-state index contributed by atoms with van der Waals surface area (Å²) in [5.41, 5.74) is 2.25. The molecule has 9 nitrogen and oxygen atoms in total. The second-order valence-corrected chi connectivity index (χ2v) is 9.06. The molecule has 188 valence electrons. The van der Waals surface area contributed by atoms with Gasteiger partial charge >= 0.3 is 5.97 Å². The summed E-state index contributed by atoms with van der Waals surface area (Å²) in [5.74, 6) is 0.385. The van der Waals surface area contributed by atoms with E-state index in [1.165, 1.54) is 18.7 Å². The topological polar surface area (TPSA) is 110 Å². The number of nitrogens with zero attached hydrogens (tertiary/aromatic N) is 2. The fourth-order valence-electron chi connectivity index (χ4n) is 4.78. The first kappa shape index (κ1) is 23.9. The number of amides is 1. The Morgan fingerprint density at radius 2 is 1.89 bits per heavy atom. The highest BCUT2D eigenvalue weighted by molar-refractivity contribution is 6.03. The Morgan fingerprint density at radius 1 is 1.11 bits per heavy atom. The van der Waals surface area contributed by atoms with Gasteiger partial charge in [-0.3, -0.25) is 4.79 Å². The number of nitrogens with one attached hydrogen (secondary N) is 1. The SMILES string of the molecule is COc1nc2c(NC(=O)C3CCN(CCc4ccc5c(c4)OCCO5)CC3)cccc2cc1C(=O)O. The molecule has 0 unspecified atom stereocenters. The fraction of sp³-hybridized carbons (Fsp3) is 0.370. The molecule has 1 fully saturated rings. The van der Waals surface area contributed by atoms with Crippen molar-refractivity contribution in [2.45, 2.75) is 19.3 Å². The number of likely N-dealkylation sites (tertiary alicyclic amines) is 1. The van der Waals surface area contributed by atoms with Crippen LogP contribution >= 0.6 is 0 Å². The van der Waals surface area contributed by atoms with Gasteiger partial charge in [-0.25, -0.2) is 9.78 Å². The van der Waals surface area contributed by atoms with E-state index in [1.807, 2.05) is 6.07 Å². The number of carbonyl (C=O) groups is 2. The molecule has 0 atom stereocenters. The first-order chi connectivity index (χ1) is 17.5. The molecule has 1 saturated heterocycles. The Labute approximate surface area is 209 Å². The number of fused-ring (bicyclic) bond motifs is 2. The van der Waals surface area contributed by atoms with Crippen LogP contribution in [0.25, 0.3) is 10.9 Å². The Hall–Kier alpha value is -3.85. The number of anilines is 1. The van der Waals surface area contributed by atoms with Crippen molar-refractivity contribution in [2.75, 3.05) is 45.3 Å². The summed E-state index contributed by atoms with van der Waals surface area (Å²) in [6, 6.07) is 12.9. The minimum absolute atomic E-state index is 0.0166. The monoisotopic (exact) mass is 491 g/mol. The Kier molecular flexibility index (Phi) is 6.90. The summed E-state index contributed by atoms with van der Waals surface area (Å²) in [6.07, 6.45) is 2.46. The van der Waals surface area contributed by atoms with E-state index in [2.05, 4.69) is 27.3 Å². The summed E-state index contributed by atoms with van der Waals surface area (Å²) < 4.78 is 16.4. The lowest BCUT2D eigenvalue weighted by molar-refractivity contribution is -0.121. The molecule has 1 amide bonds. The standard InChI is InChI=1S/C27H29N3O6/c1-34-26-20(27(32)33)16-19-3-2-4-21(24(19)29-26)28-25(31)18-8-11-30(12-9-18)10-7-17-5-6-22-23(15-17)36-14-13-35-22/h2-6,15-16,18H,7-14H2,1H3,(H,28,31)(H,32,33). The van der Waals surface area contributed by atoms with E-state index >= 15 is 0 Å². The maximum atomic E-state index is 13.1. The number of ether oxygens (including phenoxy) is 3. The molecule has 36 heavy (non-hydrogen) atoms. The van der Waals surface area contributed by atoms with Crippen LogP contribution in [0.3, 0.4) is 0 Å². The summed E-state index contributed by atoms with van der Waals surface area (Å²) in [4.78, 5) is 31.3. The average Bonchev–Trinajstić information content (AvgIpc) is 2.91. The van der Waals surface area contributed by atoms with Crippen LogP contribution in [0.4, 0.5) is 5.69 Å². The van der Waals surface area contributed by atoms with Crippen molar-refractivity contribution in [3.8, 4) is 17.4 Å². The van der Waals surface area contributed by atoms with Crippen molar-refractivity contribution in [1.29, 1.82) is 0 Å². The lowest BCUT2D eigenvalue weighted by atomic mass is 9.95. The summed E-state index contributed by atoms with van der Waals surface area (Å²) in [5, 5.41) is 13.0. The number of hydrogen-bond acceptors (Lipinski definition) is 7. The van der Waals surface area contributed by atoms with Crippen LogP contribution in [0.5, 0.6) is 17.4 Å². The fourth-order valence-corrected chi connectivity index (χ4v) is 4.78. The zero-order valence-electron chi connectivity index (χ0n) is 20.2. The molecule has 3 heterocycles. The van der Waals surface area contributed by atoms with E-state index < -0.39 is 5.97 Å². The first-order valence-electron chi connectivity index (χ1n) is 12.1. The number of hydrogen-bond donors (Lipinski definition) is 2. The minimum atomic E-state index is -1.11. The van der Waals surface area contributed by atoms with Gasteiger partial charge in [0, 0.05) is 17.8 Å². The van der Waals surface area contributed by atoms with E-state index in [4.69, 9.17) is 14.2 Å². The quantitative estimate of drug-likeness (QED) is 0.516. The number of aromatic carboxylic acids is 1. The van der Waals surface area contributed by atoms with Gasteiger partial charge in [-0.1, -0.05) is 18.2 Å². The zero-order valence-corrected chi connectivity index (χ0v) is 20.2. The highest BCUT2D eigenvalue weighted by atomic mass is 16.6. The Bertz CT molecular complexity index is 1290. The summed E-state index contributed by atoms with van der Waals surface area (Å²) in [7, 11) is 1.38. The zero-order chi connectivity index (χ0) is 25.1.